The molecule has 1 rings (SSSR count). The summed E-state index contributed by atoms with van der Waals surface area (Å²) in [5.41, 5.74) is 0.946. The van der Waals surface area contributed by atoms with E-state index in [0.717, 1.165) is 24.6 Å². The second-order valence-corrected chi connectivity index (χ2v) is 5.58. The monoisotopic (exact) mass is 254 g/mol. The Morgan fingerprint density at radius 2 is 1.71 bits per heavy atom. The van der Waals surface area contributed by atoms with Crippen molar-refractivity contribution in [3.63, 3.8) is 0 Å². The van der Waals surface area contributed by atoms with Gasteiger partial charge in [0.15, 0.2) is 0 Å². The molecule has 0 atom stereocenters. The fraction of sp³-hybridized carbons (Fsp3) is 0.643. The molecule has 0 aromatic carbocycles. The summed E-state index contributed by atoms with van der Waals surface area (Å²) < 4.78 is 0. The van der Waals surface area contributed by atoms with Crippen LogP contribution in [0.25, 0.3) is 0 Å². The largest absolute Gasteiger partial charge is 0.356 e. The molecule has 0 saturated carbocycles. The Kier molecular flexibility index (Phi) is 5.76. The lowest BCUT2D eigenvalue weighted by Gasteiger charge is -2.27. The fourth-order valence-corrected chi connectivity index (χ4v) is 2.01. The zero-order valence-electron chi connectivity index (χ0n) is 11.3. The van der Waals surface area contributed by atoms with Gasteiger partial charge in [-0.2, -0.15) is 0 Å². The van der Waals surface area contributed by atoms with Gasteiger partial charge in [-0.15, -0.1) is 11.6 Å². The van der Waals surface area contributed by atoms with Crippen molar-refractivity contribution in [2.75, 3.05) is 18.0 Å². The van der Waals surface area contributed by atoms with E-state index in [1.54, 1.807) is 0 Å². The highest BCUT2D eigenvalue weighted by Gasteiger charge is 2.11. The summed E-state index contributed by atoms with van der Waals surface area (Å²) in [7, 11) is 0. The number of aromatic nitrogens is 1. The van der Waals surface area contributed by atoms with Crippen LogP contribution in [-0.2, 0) is 5.88 Å². The van der Waals surface area contributed by atoms with Crippen LogP contribution in [0.3, 0.4) is 0 Å². The number of pyridine rings is 1. The van der Waals surface area contributed by atoms with Crippen LogP contribution < -0.4 is 4.90 Å². The van der Waals surface area contributed by atoms with Gasteiger partial charge in [-0.1, -0.05) is 33.8 Å². The van der Waals surface area contributed by atoms with Crippen molar-refractivity contribution in [1.82, 2.24) is 4.98 Å². The Morgan fingerprint density at radius 1 is 1.12 bits per heavy atom. The maximum atomic E-state index is 5.83. The lowest BCUT2D eigenvalue weighted by atomic mass is 10.1. The van der Waals surface area contributed by atoms with Crippen molar-refractivity contribution in [3.05, 3.63) is 23.9 Å². The third kappa shape index (κ3) is 4.95. The third-order valence-electron chi connectivity index (χ3n) is 2.42. The van der Waals surface area contributed by atoms with Gasteiger partial charge in [0.1, 0.15) is 5.82 Å². The van der Waals surface area contributed by atoms with Crippen molar-refractivity contribution in [3.8, 4) is 0 Å². The second kappa shape index (κ2) is 6.85. The molecule has 2 nitrogen and oxygen atoms in total. The molecule has 96 valence electrons. The first kappa shape index (κ1) is 14.3. The number of alkyl halides is 1. The molecule has 0 aliphatic heterocycles. The number of halogens is 1. The van der Waals surface area contributed by atoms with E-state index in [2.05, 4.69) is 43.6 Å². The van der Waals surface area contributed by atoms with Crippen molar-refractivity contribution < 1.29 is 0 Å². The van der Waals surface area contributed by atoms with E-state index < -0.39 is 0 Å². The van der Waals surface area contributed by atoms with Crippen LogP contribution in [0.4, 0.5) is 5.82 Å². The fourth-order valence-electron chi connectivity index (χ4n) is 1.86. The van der Waals surface area contributed by atoms with Crippen molar-refractivity contribution in [2.24, 2.45) is 11.8 Å². The SMILES string of the molecule is CC(C)CN(CC(C)C)c1cccc(CCl)n1. The minimum absolute atomic E-state index is 0.477. The van der Waals surface area contributed by atoms with E-state index in [1.807, 2.05) is 12.1 Å². The molecule has 0 aliphatic rings. The Hall–Kier alpha value is -0.760. The molecule has 1 aromatic heterocycles. The predicted molar refractivity (Wildman–Crippen MR) is 75.7 cm³/mol. The first-order valence-electron chi connectivity index (χ1n) is 6.29. The summed E-state index contributed by atoms with van der Waals surface area (Å²) in [6, 6.07) is 6.08. The van der Waals surface area contributed by atoms with Crippen molar-refractivity contribution >= 4 is 17.4 Å². The van der Waals surface area contributed by atoms with E-state index in [4.69, 9.17) is 11.6 Å². The molecular formula is C14H23ClN2. The molecular weight excluding hydrogens is 232 g/mol. The molecule has 1 aromatic rings. The van der Waals surface area contributed by atoms with Crippen LogP contribution >= 0.6 is 11.6 Å². The van der Waals surface area contributed by atoms with Crippen LogP contribution in [0.5, 0.6) is 0 Å². The molecule has 1 heterocycles. The summed E-state index contributed by atoms with van der Waals surface area (Å²) in [6.45, 7) is 11.0. The van der Waals surface area contributed by atoms with E-state index in [9.17, 15) is 0 Å². The van der Waals surface area contributed by atoms with Gasteiger partial charge >= 0.3 is 0 Å². The standard InChI is InChI=1S/C14H23ClN2/c1-11(2)9-17(10-12(3)4)14-7-5-6-13(8-15)16-14/h5-7,11-12H,8-10H2,1-4H3. The Labute approximate surface area is 110 Å². The molecule has 0 radical (unpaired) electrons. The van der Waals surface area contributed by atoms with E-state index in [-0.39, 0.29) is 0 Å². The number of anilines is 1. The van der Waals surface area contributed by atoms with Gasteiger partial charge in [0, 0.05) is 13.1 Å². The van der Waals surface area contributed by atoms with Gasteiger partial charge in [0.05, 0.1) is 11.6 Å². The summed E-state index contributed by atoms with van der Waals surface area (Å²) in [4.78, 5) is 6.94. The summed E-state index contributed by atoms with van der Waals surface area (Å²) in [6.07, 6.45) is 0. The van der Waals surface area contributed by atoms with Crippen LogP contribution in [0.1, 0.15) is 33.4 Å². The highest BCUT2D eigenvalue weighted by molar-refractivity contribution is 6.16. The van der Waals surface area contributed by atoms with Crippen LogP contribution in [0.2, 0.25) is 0 Å². The Bertz CT molecular complexity index is 327. The Balaban J connectivity index is 2.86. The Morgan fingerprint density at radius 3 is 2.18 bits per heavy atom. The molecule has 0 bridgehead atoms. The molecule has 0 amide bonds. The highest BCUT2D eigenvalue weighted by Crippen LogP contribution is 2.16. The number of rotatable bonds is 6. The highest BCUT2D eigenvalue weighted by atomic mass is 35.5. The van der Waals surface area contributed by atoms with Gasteiger partial charge in [0.2, 0.25) is 0 Å². The van der Waals surface area contributed by atoms with E-state index in [0.29, 0.717) is 17.7 Å². The number of hydrogen-bond donors (Lipinski definition) is 0. The van der Waals surface area contributed by atoms with Gasteiger partial charge in [0.25, 0.3) is 0 Å². The molecule has 0 fully saturated rings. The minimum Gasteiger partial charge on any atom is -0.356 e. The maximum Gasteiger partial charge on any atom is 0.128 e. The topological polar surface area (TPSA) is 16.1 Å². The van der Waals surface area contributed by atoms with Crippen molar-refractivity contribution in [2.45, 2.75) is 33.6 Å². The normalized spacial score (nSPS) is 11.2. The lowest BCUT2D eigenvalue weighted by Crippen LogP contribution is -2.32. The molecule has 0 spiro atoms. The average Bonchev–Trinajstić information content (AvgIpc) is 2.27. The molecule has 17 heavy (non-hydrogen) atoms. The van der Waals surface area contributed by atoms with Crippen LogP contribution in [-0.4, -0.2) is 18.1 Å². The predicted octanol–water partition coefficient (Wildman–Crippen LogP) is 3.94. The first-order valence-corrected chi connectivity index (χ1v) is 6.83. The van der Waals surface area contributed by atoms with Gasteiger partial charge < -0.3 is 4.90 Å². The zero-order chi connectivity index (χ0) is 12.8. The van der Waals surface area contributed by atoms with Crippen LogP contribution in [0, 0.1) is 11.8 Å². The minimum atomic E-state index is 0.477. The van der Waals surface area contributed by atoms with Gasteiger partial charge in [-0.25, -0.2) is 4.98 Å². The van der Waals surface area contributed by atoms with Crippen molar-refractivity contribution in [1.29, 1.82) is 0 Å². The molecule has 3 heteroatoms. The summed E-state index contributed by atoms with van der Waals surface area (Å²) in [5.74, 6) is 2.79. The smallest absolute Gasteiger partial charge is 0.128 e. The average molecular weight is 255 g/mol. The van der Waals surface area contributed by atoms with Gasteiger partial charge in [-0.3, -0.25) is 0 Å². The molecule has 0 aliphatic carbocycles. The van der Waals surface area contributed by atoms with Gasteiger partial charge in [-0.05, 0) is 24.0 Å². The second-order valence-electron chi connectivity index (χ2n) is 5.31. The molecule has 0 unspecified atom stereocenters. The third-order valence-corrected chi connectivity index (χ3v) is 2.70. The lowest BCUT2D eigenvalue weighted by molar-refractivity contribution is 0.548. The zero-order valence-corrected chi connectivity index (χ0v) is 12.0. The van der Waals surface area contributed by atoms with E-state index >= 15 is 0 Å². The first-order chi connectivity index (χ1) is 8.02. The summed E-state index contributed by atoms with van der Waals surface area (Å²) in [5, 5.41) is 0. The summed E-state index contributed by atoms with van der Waals surface area (Å²) >= 11 is 5.83. The number of hydrogen-bond acceptors (Lipinski definition) is 2. The van der Waals surface area contributed by atoms with Crippen LogP contribution in [0.15, 0.2) is 18.2 Å². The van der Waals surface area contributed by atoms with E-state index in [1.165, 1.54) is 0 Å². The number of nitrogens with zero attached hydrogens (tertiary/aromatic N) is 2. The maximum absolute atomic E-state index is 5.83. The molecule has 0 N–H and O–H groups in total. The molecule has 0 saturated heterocycles. The quantitative estimate of drug-likeness (QED) is 0.715.